The third kappa shape index (κ3) is 4.02. The molecule has 1 amide bonds. The molecular weight excluding hydrogens is 355 g/mol. The molecule has 3 rings (SSSR count). The normalized spacial score (nSPS) is 12.0. The quantitative estimate of drug-likeness (QED) is 0.659. The summed E-state index contributed by atoms with van der Waals surface area (Å²) in [6, 6.07) is 11.9. The van der Waals surface area contributed by atoms with Crippen LogP contribution in [0.4, 0.5) is 4.39 Å². The molecule has 0 spiro atoms. The number of rotatable bonds is 5. The second-order valence-corrected chi connectivity index (χ2v) is 7.60. The molecule has 0 saturated heterocycles. The summed E-state index contributed by atoms with van der Waals surface area (Å²) in [7, 11) is 0. The molecule has 0 N–H and O–H groups in total. The molecule has 25 heavy (non-hydrogen) atoms. The number of hydrogen-bond donors (Lipinski definition) is 0. The van der Waals surface area contributed by atoms with E-state index in [1.54, 1.807) is 11.8 Å². The zero-order valence-electron chi connectivity index (χ0n) is 14.2. The largest absolute Gasteiger partial charge is 0.316 e. The number of aryl methyl sites for hydroxylation is 2. The molecule has 0 aliphatic heterocycles. The molecule has 3 aromatic rings. The third-order valence-corrected chi connectivity index (χ3v) is 5.59. The van der Waals surface area contributed by atoms with Crippen LogP contribution < -0.4 is 4.80 Å². The maximum absolute atomic E-state index is 13.0. The van der Waals surface area contributed by atoms with Crippen molar-refractivity contribution in [1.29, 1.82) is 0 Å². The smallest absolute Gasteiger partial charge is 0.279 e. The highest BCUT2D eigenvalue weighted by molar-refractivity contribution is 7.98. The molecule has 3 nitrogen and oxygen atoms in total. The molecule has 0 atom stereocenters. The van der Waals surface area contributed by atoms with Gasteiger partial charge in [0.05, 0.1) is 10.2 Å². The van der Waals surface area contributed by atoms with E-state index in [0.29, 0.717) is 10.4 Å². The summed E-state index contributed by atoms with van der Waals surface area (Å²) < 4.78 is 16.3. The Bertz CT molecular complexity index is 958. The van der Waals surface area contributed by atoms with E-state index in [-0.39, 0.29) is 11.7 Å². The summed E-state index contributed by atoms with van der Waals surface area (Å²) >= 11 is 3.28. The predicted molar refractivity (Wildman–Crippen MR) is 104 cm³/mol. The van der Waals surface area contributed by atoms with Gasteiger partial charge in [-0.05, 0) is 54.6 Å². The van der Waals surface area contributed by atoms with Gasteiger partial charge in [0.1, 0.15) is 5.82 Å². The standard InChI is InChI=1S/C19H19FN2OS2/c1-3-13-4-9-16-17(12-13)25-19(22(16)10-11-24-2)21-18(23)14-5-7-15(20)8-6-14/h4-9,12H,3,10-11H2,1-2H3. The van der Waals surface area contributed by atoms with Crippen molar-refractivity contribution in [2.24, 2.45) is 4.99 Å². The Morgan fingerprint density at radius 2 is 2.00 bits per heavy atom. The van der Waals surface area contributed by atoms with Crippen molar-refractivity contribution >= 4 is 39.2 Å². The molecule has 0 fully saturated rings. The molecule has 0 bridgehead atoms. The Morgan fingerprint density at radius 3 is 2.68 bits per heavy atom. The fourth-order valence-electron chi connectivity index (χ4n) is 2.57. The first-order valence-electron chi connectivity index (χ1n) is 8.08. The van der Waals surface area contributed by atoms with Crippen molar-refractivity contribution in [3.8, 4) is 0 Å². The molecule has 0 aliphatic carbocycles. The van der Waals surface area contributed by atoms with E-state index in [2.05, 4.69) is 40.9 Å². The number of thioether (sulfide) groups is 1. The van der Waals surface area contributed by atoms with Gasteiger partial charge in [-0.25, -0.2) is 4.39 Å². The maximum Gasteiger partial charge on any atom is 0.279 e. The van der Waals surface area contributed by atoms with Gasteiger partial charge in [0.25, 0.3) is 5.91 Å². The molecule has 0 saturated carbocycles. The Kier molecular flexibility index (Phi) is 5.71. The first kappa shape index (κ1) is 17.9. The Labute approximate surface area is 154 Å². The summed E-state index contributed by atoms with van der Waals surface area (Å²) in [5, 5.41) is 0. The number of nitrogens with zero attached hydrogens (tertiary/aromatic N) is 2. The Balaban J connectivity index is 2.09. The van der Waals surface area contributed by atoms with Crippen molar-refractivity contribution in [2.75, 3.05) is 12.0 Å². The summed E-state index contributed by atoms with van der Waals surface area (Å²) in [6.45, 7) is 2.92. The predicted octanol–water partition coefficient (Wildman–Crippen LogP) is 4.51. The average Bonchev–Trinajstić information content (AvgIpc) is 2.96. The third-order valence-electron chi connectivity index (χ3n) is 3.96. The van der Waals surface area contributed by atoms with Crippen LogP contribution in [0.25, 0.3) is 10.2 Å². The molecule has 0 unspecified atom stereocenters. The lowest BCUT2D eigenvalue weighted by atomic mass is 10.2. The van der Waals surface area contributed by atoms with Crippen LogP contribution in [0, 0.1) is 5.82 Å². The summed E-state index contributed by atoms with van der Waals surface area (Å²) in [5.74, 6) is 0.236. The van der Waals surface area contributed by atoms with Crippen molar-refractivity contribution in [1.82, 2.24) is 4.57 Å². The molecule has 0 aliphatic rings. The van der Waals surface area contributed by atoms with Crippen LogP contribution in [-0.4, -0.2) is 22.5 Å². The van der Waals surface area contributed by atoms with E-state index in [4.69, 9.17) is 0 Å². The number of carbonyl (C=O) groups is 1. The van der Waals surface area contributed by atoms with E-state index >= 15 is 0 Å². The van der Waals surface area contributed by atoms with Crippen LogP contribution in [0.2, 0.25) is 0 Å². The number of thiazole rings is 1. The first-order chi connectivity index (χ1) is 12.1. The lowest BCUT2D eigenvalue weighted by Gasteiger charge is -2.04. The van der Waals surface area contributed by atoms with Gasteiger partial charge >= 0.3 is 0 Å². The minimum Gasteiger partial charge on any atom is -0.316 e. The van der Waals surface area contributed by atoms with E-state index in [0.717, 1.165) is 28.9 Å². The van der Waals surface area contributed by atoms with Gasteiger partial charge in [-0.3, -0.25) is 4.79 Å². The fraction of sp³-hybridized carbons (Fsp3) is 0.263. The molecule has 130 valence electrons. The summed E-state index contributed by atoms with van der Waals surface area (Å²) in [4.78, 5) is 17.5. The minimum atomic E-state index is -0.361. The molecular formula is C19H19FN2OS2. The number of aromatic nitrogens is 1. The van der Waals surface area contributed by atoms with Crippen LogP contribution in [0.15, 0.2) is 47.5 Å². The van der Waals surface area contributed by atoms with Crippen LogP contribution in [0.3, 0.4) is 0 Å². The lowest BCUT2D eigenvalue weighted by Crippen LogP contribution is -2.18. The van der Waals surface area contributed by atoms with Gasteiger partial charge in [0.15, 0.2) is 4.80 Å². The number of carbonyl (C=O) groups excluding carboxylic acids is 1. The highest BCUT2D eigenvalue weighted by Gasteiger charge is 2.10. The van der Waals surface area contributed by atoms with Crippen LogP contribution in [0.1, 0.15) is 22.8 Å². The van der Waals surface area contributed by atoms with E-state index in [1.165, 1.54) is 41.2 Å². The van der Waals surface area contributed by atoms with Crippen molar-refractivity contribution < 1.29 is 9.18 Å². The highest BCUT2D eigenvalue weighted by Crippen LogP contribution is 2.20. The average molecular weight is 375 g/mol. The second-order valence-electron chi connectivity index (χ2n) is 5.61. The van der Waals surface area contributed by atoms with Crippen LogP contribution >= 0.6 is 23.1 Å². The lowest BCUT2D eigenvalue weighted by molar-refractivity contribution is 0.0998. The van der Waals surface area contributed by atoms with Gasteiger partial charge in [0, 0.05) is 17.9 Å². The Hall–Kier alpha value is -1.92. The molecule has 1 aromatic heterocycles. The van der Waals surface area contributed by atoms with Gasteiger partial charge < -0.3 is 4.57 Å². The Morgan fingerprint density at radius 1 is 1.24 bits per heavy atom. The van der Waals surface area contributed by atoms with Gasteiger partial charge in [0.2, 0.25) is 0 Å². The van der Waals surface area contributed by atoms with Crippen molar-refractivity contribution in [2.45, 2.75) is 19.9 Å². The number of halogens is 1. The monoisotopic (exact) mass is 374 g/mol. The van der Waals surface area contributed by atoms with Crippen molar-refractivity contribution in [3.05, 3.63) is 64.2 Å². The number of benzene rings is 2. The van der Waals surface area contributed by atoms with Gasteiger partial charge in [-0.1, -0.05) is 24.3 Å². The summed E-state index contributed by atoms with van der Waals surface area (Å²) in [5.41, 5.74) is 2.76. The molecule has 1 heterocycles. The fourth-order valence-corrected chi connectivity index (χ4v) is 4.05. The second kappa shape index (κ2) is 7.97. The van der Waals surface area contributed by atoms with Gasteiger partial charge in [-0.15, -0.1) is 0 Å². The van der Waals surface area contributed by atoms with E-state index < -0.39 is 0 Å². The highest BCUT2D eigenvalue weighted by atomic mass is 32.2. The summed E-state index contributed by atoms with van der Waals surface area (Å²) in [6.07, 6.45) is 3.03. The number of fused-ring (bicyclic) bond motifs is 1. The molecule has 0 radical (unpaired) electrons. The SMILES string of the molecule is CCc1ccc2c(c1)sc(=NC(=O)c1ccc(F)cc1)n2CCSC. The minimum absolute atomic E-state index is 0.347. The molecule has 2 aromatic carbocycles. The zero-order valence-corrected chi connectivity index (χ0v) is 15.8. The van der Waals surface area contributed by atoms with Crippen molar-refractivity contribution in [3.63, 3.8) is 0 Å². The van der Waals surface area contributed by atoms with E-state index in [1.807, 2.05) is 0 Å². The molecule has 6 heteroatoms. The number of amides is 1. The van der Waals surface area contributed by atoms with Crippen LogP contribution in [-0.2, 0) is 13.0 Å². The number of hydrogen-bond acceptors (Lipinski definition) is 3. The van der Waals surface area contributed by atoms with Gasteiger partial charge in [-0.2, -0.15) is 16.8 Å². The maximum atomic E-state index is 13.0. The van der Waals surface area contributed by atoms with Crippen LogP contribution in [0.5, 0.6) is 0 Å². The van der Waals surface area contributed by atoms with E-state index in [9.17, 15) is 9.18 Å². The zero-order chi connectivity index (χ0) is 17.8. The topological polar surface area (TPSA) is 34.4 Å². The first-order valence-corrected chi connectivity index (χ1v) is 10.3.